The van der Waals surface area contributed by atoms with Gasteiger partial charge in [0.2, 0.25) is 5.91 Å². The average Bonchev–Trinajstić information content (AvgIpc) is 3.06. The lowest BCUT2D eigenvalue weighted by atomic mass is 9.83. The number of carboxylic acid groups (broad SMARTS) is 1. The van der Waals surface area contributed by atoms with Crippen LogP contribution in [-0.4, -0.2) is 41.5 Å². The molecule has 2 rings (SSSR count). The van der Waals surface area contributed by atoms with Crippen molar-refractivity contribution >= 4 is 11.9 Å². The molecule has 2 fully saturated rings. The summed E-state index contributed by atoms with van der Waals surface area (Å²) >= 11 is 0. The molecule has 3 N–H and O–H groups in total. The number of rotatable bonds is 4. The Bertz CT molecular complexity index is 377. The van der Waals surface area contributed by atoms with E-state index in [0.717, 1.165) is 25.7 Å². The van der Waals surface area contributed by atoms with E-state index in [2.05, 4.69) is 0 Å². The summed E-state index contributed by atoms with van der Waals surface area (Å²) in [6, 6.07) is 0. The molecule has 1 saturated carbocycles. The summed E-state index contributed by atoms with van der Waals surface area (Å²) in [5, 5.41) is 9.39. The van der Waals surface area contributed by atoms with Crippen LogP contribution in [0.4, 0.5) is 0 Å². The lowest BCUT2D eigenvalue weighted by Crippen LogP contribution is -2.47. The van der Waals surface area contributed by atoms with Gasteiger partial charge >= 0.3 is 5.97 Å². The smallest absolute Gasteiger partial charge is 0.311 e. The maximum atomic E-state index is 12.7. The van der Waals surface area contributed by atoms with Crippen molar-refractivity contribution in [1.29, 1.82) is 0 Å². The summed E-state index contributed by atoms with van der Waals surface area (Å²) in [6.45, 7) is 3.17. The number of carboxylic acids is 1. The fraction of sp³-hybridized carbons (Fsp3) is 0.857. The highest BCUT2D eigenvalue weighted by molar-refractivity contribution is 5.85. The average molecular weight is 268 g/mol. The van der Waals surface area contributed by atoms with Crippen LogP contribution in [0, 0.1) is 10.8 Å². The zero-order valence-corrected chi connectivity index (χ0v) is 11.7. The first-order chi connectivity index (χ1) is 8.99. The second-order valence-electron chi connectivity index (χ2n) is 6.11. The first-order valence-electron chi connectivity index (χ1n) is 7.22. The van der Waals surface area contributed by atoms with E-state index in [4.69, 9.17) is 5.73 Å². The largest absolute Gasteiger partial charge is 0.481 e. The highest BCUT2D eigenvalue weighted by Crippen LogP contribution is 2.42. The molecular weight excluding hydrogens is 244 g/mol. The minimum absolute atomic E-state index is 0.0871. The molecule has 1 heterocycles. The van der Waals surface area contributed by atoms with E-state index in [1.165, 1.54) is 0 Å². The fourth-order valence-corrected chi connectivity index (χ4v) is 3.55. The van der Waals surface area contributed by atoms with Crippen molar-refractivity contribution in [1.82, 2.24) is 4.90 Å². The predicted molar refractivity (Wildman–Crippen MR) is 71.5 cm³/mol. The standard InChI is InChI=1S/C14H24N2O3/c1-2-13(12(18)19)7-8-16(10-13)11(17)14(9-15)5-3-4-6-14/h2-10,15H2,1H3,(H,18,19). The van der Waals surface area contributed by atoms with Crippen LogP contribution in [0.1, 0.15) is 45.4 Å². The maximum Gasteiger partial charge on any atom is 0.311 e. The van der Waals surface area contributed by atoms with Gasteiger partial charge in [0.1, 0.15) is 0 Å². The Morgan fingerprint density at radius 1 is 1.21 bits per heavy atom. The first-order valence-corrected chi connectivity index (χ1v) is 7.22. The molecule has 0 spiro atoms. The number of carbonyl (C=O) groups is 2. The van der Waals surface area contributed by atoms with E-state index in [-0.39, 0.29) is 5.91 Å². The van der Waals surface area contributed by atoms with E-state index in [1.54, 1.807) is 4.90 Å². The Kier molecular flexibility index (Phi) is 3.85. The molecule has 0 aromatic heterocycles. The van der Waals surface area contributed by atoms with Gasteiger partial charge in [0, 0.05) is 19.6 Å². The third kappa shape index (κ3) is 2.24. The van der Waals surface area contributed by atoms with Crippen LogP contribution < -0.4 is 5.73 Å². The van der Waals surface area contributed by atoms with E-state index in [0.29, 0.717) is 32.5 Å². The minimum atomic E-state index is -0.779. The minimum Gasteiger partial charge on any atom is -0.481 e. The van der Waals surface area contributed by atoms with Gasteiger partial charge in [-0.05, 0) is 25.7 Å². The summed E-state index contributed by atoms with van der Waals surface area (Å²) in [4.78, 5) is 25.9. The molecule has 5 nitrogen and oxygen atoms in total. The van der Waals surface area contributed by atoms with Crippen LogP contribution >= 0.6 is 0 Å². The Morgan fingerprint density at radius 2 is 1.84 bits per heavy atom. The summed E-state index contributed by atoms with van der Waals surface area (Å²) in [5.41, 5.74) is 4.67. The van der Waals surface area contributed by atoms with Gasteiger partial charge in [-0.25, -0.2) is 0 Å². The first kappa shape index (κ1) is 14.3. The van der Waals surface area contributed by atoms with Crippen molar-refractivity contribution in [2.45, 2.75) is 45.4 Å². The lowest BCUT2D eigenvalue weighted by Gasteiger charge is -2.32. The van der Waals surface area contributed by atoms with Crippen LogP contribution in [0.5, 0.6) is 0 Å². The van der Waals surface area contributed by atoms with E-state index >= 15 is 0 Å². The van der Waals surface area contributed by atoms with Gasteiger partial charge in [0.25, 0.3) is 0 Å². The van der Waals surface area contributed by atoms with Gasteiger partial charge in [-0.2, -0.15) is 0 Å². The van der Waals surface area contributed by atoms with Crippen LogP contribution in [-0.2, 0) is 9.59 Å². The molecular formula is C14H24N2O3. The summed E-state index contributed by atoms with van der Waals surface area (Å²) in [7, 11) is 0. The molecule has 0 aromatic rings. The van der Waals surface area contributed by atoms with Crippen LogP contribution in [0.3, 0.4) is 0 Å². The van der Waals surface area contributed by atoms with Crippen molar-refractivity contribution in [3.63, 3.8) is 0 Å². The van der Waals surface area contributed by atoms with Gasteiger partial charge in [-0.15, -0.1) is 0 Å². The second-order valence-corrected chi connectivity index (χ2v) is 6.11. The number of carbonyl (C=O) groups excluding carboxylic acids is 1. The van der Waals surface area contributed by atoms with Crippen molar-refractivity contribution in [3.05, 3.63) is 0 Å². The number of likely N-dealkylation sites (tertiary alicyclic amines) is 1. The number of aliphatic carboxylic acids is 1. The molecule has 1 aliphatic heterocycles. The number of nitrogens with zero attached hydrogens (tertiary/aromatic N) is 1. The van der Waals surface area contributed by atoms with Gasteiger partial charge < -0.3 is 15.7 Å². The van der Waals surface area contributed by atoms with Gasteiger partial charge in [0.15, 0.2) is 0 Å². The normalized spacial score (nSPS) is 29.7. The molecule has 0 aromatic carbocycles. The number of nitrogens with two attached hydrogens (primary N) is 1. The maximum absolute atomic E-state index is 12.7. The van der Waals surface area contributed by atoms with E-state index in [9.17, 15) is 14.7 Å². The van der Waals surface area contributed by atoms with Crippen molar-refractivity contribution in [2.75, 3.05) is 19.6 Å². The summed E-state index contributed by atoms with van der Waals surface area (Å²) < 4.78 is 0. The molecule has 0 bridgehead atoms. The van der Waals surface area contributed by atoms with Crippen molar-refractivity contribution < 1.29 is 14.7 Å². The quantitative estimate of drug-likeness (QED) is 0.803. The van der Waals surface area contributed by atoms with Crippen molar-refractivity contribution in [3.8, 4) is 0 Å². The van der Waals surface area contributed by atoms with Crippen LogP contribution in [0.25, 0.3) is 0 Å². The van der Waals surface area contributed by atoms with Crippen LogP contribution in [0.2, 0.25) is 0 Å². The molecule has 19 heavy (non-hydrogen) atoms. The Balaban J connectivity index is 2.12. The monoisotopic (exact) mass is 268 g/mol. The molecule has 2 aliphatic rings. The van der Waals surface area contributed by atoms with Gasteiger partial charge in [0.05, 0.1) is 10.8 Å². The third-order valence-electron chi connectivity index (χ3n) is 5.18. The molecule has 1 amide bonds. The number of hydrogen-bond donors (Lipinski definition) is 2. The zero-order chi connectivity index (χ0) is 14.1. The van der Waals surface area contributed by atoms with E-state index < -0.39 is 16.8 Å². The van der Waals surface area contributed by atoms with Crippen molar-refractivity contribution in [2.24, 2.45) is 16.6 Å². The zero-order valence-electron chi connectivity index (χ0n) is 11.7. The number of hydrogen-bond acceptors (Lipinski definition) is 3. The number of amides is 1. The molecule has 108 valence electrons. The summed E-state index contributed by atoms with van der Waals surface area (Å²) in [6.07, 6.45) is 4.94. The molecule has 1 unspecified atom stereocenters. The lowest BCUT2D eigenvalue weighted by molar-refractivity contribution is -0.149. The molecule has 0 radical (unpaired) electrons. The SMILES string of the molecule is CCC1(C(=O)O)CCN(C(=O)C2(CN)CCCC2)C1. The fourth-order valence-electron chi connectivity index (χ4n) is 3.55. The molecule has 1 saturated heterocycles. The van der Waals surface area contributed by atoms with Gasteiger partial charge in [-0.1, -0.05) is 19.8 Å². The molecule has 5 heteroatoms. The Hall–Kier alpha value is -1.10. The summed E-state index contributed by atoms with van der Waals surface area (Å²) in [5.74, 6) is -0.692. The second kappa shape index (κ2) is 5.12. The Morgan fingerprint density at radius 3 is 2.26 bits per heavy atom. The highest BCUT2D eigenvalue weighted by Gasteiger charge is 2.49. The Labute approximate surface area is 114 Å². The molecule has 1 aliphatic carbocycles. The topological polar surface area (TPSA) is 83.6 Å². The predicted octanol–water partition coefficient (Wildman–Crippen LogP) is 1.22. The molecule has 1 atom stereocenters. The third-order valence-corrected chi connectivity index (χ3v) is 5.18. The van der Waals surface area contributed by atoms with E-state index in [1.807, 2.05) is 6.92 Å². The van der Waals surface area contributed by atoms with Crippen LogP contribution in [0.15, 0.2) is 0 Å². The van der Waals surface area contributed by atoms with Gasteiger partial charge in [-0.3, -0.25) is 9.59 Å². The highest BCUT2D eigenvalue weighted by atomic mass is 16.4.